The predicted octanol–water partition coefficient (Wildman–Crippen LogP) is 4.21. The van der Waals surface area contributed by atoms with Crippen molar-refractivity contribution in [1.82, 2.24) is 0 Å². The third kappa shape index (κ3) is 1.73. The monoisotopic (exact) mass is 202 g/mol. The molecule has 1 aromatic carbocycles. The number of benzene rings is 1. The van der Waals surface area contributed by atoms with Crippen molar-refractivity contribution in [3.63, 3.8) is 0 Å². The van der Waals surface area contributed by atoms with E-state index >= 15 is 0 Å². The Hall–Kier alpha value is -1.08. The first-order valence-corrected chi connectivity index (χ1v) is 5.76. The fourth-order valence-electron chi connectivity index (χ4n) is 1.76. The first kappa shape index (κ1) is 9.47. The predicted molar refractivity (Wildman–Crippen MR) is 63.0 cm³/mol. The summed E-state index contributed by atoms with van der Waals surface area (Å²) in [4.78, 5) is 1.44. The Kier molecular flexibility index (Phi) is 2.69. The van der Waals surface area contributed by atoms with Gasteiger partial charge < -0.3 is 0 Å². The van der Waals surface area contributed by atoms with Gasteiger partial charge in [-0.25, -0.2) is 0 Å². The second kappa shape index (κ2) is 3.97. The zero-order valence-electron chi connectivity index (χ0n) is 8.53. The maximum absolute atomic E-state index is 2.27. The highest BCUT2D eigenvalue weighted by Gasteiger charge is 2.10. The smallest absolute Gasteiger partial charge is 0.0158 e. The van der Waals surface area contributed by atoms with Crippen LogP contribution in [-0.4, -0.2) is 0 Å². The Morgan fingerprint density at radius 2 is 1.86 bits per heavy atom. The van der Waals surface area contributed by atoms with Crippen LogP contribution in [0, 0.1) is 6.92 Å². The fourth-order valence-corrected chi connectivity index (χ4v) is 2.57. The van der Waals surface area contributed by atoms with Gasteiger partial charge in [0.2, 0.25) is 0 Å². The van der Waals surface area contributed by atoms with E-state index in [1.54, 1.807) is 0 Å². The van der Waals surface area contributed by atoms with Crippen molar-refractivity contribution in [3.05, 3.63) is 57.8 Å². The Morgan fingerprint density at radius 1 is 1.07 bits per heavy atom. The van der Waals surface area contributed by atoms with Gasteiger partial charge in [0.25, 0.3) is 0 Å². The summed E-state index contributed by atoms with van der Waals surface area (Å²) in [6, 6.07) is 12.9. The van der Waals surface area contributed by atoms with E-state index in [0.29, 0.717) is 5.92 Å². The van der Waals surface area contributed by atoms with Gasteiger partial charge in [0.15, 0.2) is 0 Å². The average Bonchev–Trinajstić information content (AvgIpc) is 2.70. The SMILES string of the molecule is Cc1ccccc1C(C)c1cccs1. The summed E-state index contributed by atoms with van der Waals surface area (Å²) < 4.78 is 0. The quantitative estimate of drug-likeness (QED) is 0.684. The van der Waals surface area contributed by atoms with E-state index in [1.165, 1.54) is 16.0 Å². The van der Waals surface area contributed by atoms with E-state index in [4.69, 9.17) is 0 Å². The Morgan fingerprint density at radius 3 is 2.50 bits per heavy atom. The third-order valence-electron chi connectivity index (χ3n) is 2.62. The summed E-state index contributed by atoms with van der Waals surface area (Å²) in [5.74, 6) is 0.524. The van der Waals surface area contributed by atoms with Crippen LogP contribution in [0.1, 0.15) is 28.8 Å². The molecule has 0 bridgehead atoms. The summed E-state index contributed by atoms with van der Waals surface area (Å²) in [7, 11) is 0. The molecule has 2 rings (SSSR count). The lowest BCUT2D eigenvalue weighted by atomic mass is 9.95. The van der Waals surface area contributed by atoms with Crippen LogP contribution in [0.4, 0.5) is 0 Å². The molecule has 14 heavy (non-hydrogen) atoms. The minimum Gasteiger partial charge on any atom is -0.148 e. The molecule has 0 radical (unpaired) electrons. The Bertz CT molecular complexity index is 401. The van der Waals surface area contributed by atoms with Crippen LogP contribution in [-0.2, 0) is 0 Å². The minimum absolute atomic E-state index is 0.524. The van der Waals surface area contributed by atoms with Gasteiger partial charge in [0, 0.05) is 10.8 Å². The van der Waals surface area contributed by atoms with Crippen molar-refractivity contribution in [2.24, 2.45) is 0 Å². The van der Waals surface area contributed by atoms with Crippen LogP contribution >= 0.6 is 11.3 Å². The molecule has 1 heterocycles. The second-order valence-corrected chi connectivity index (χ2v) is 4.57. The van der Waals surface area contributed by atoms with E-state index in [1.807, 2.05) is 11.3 Å². The van der Waals surface area contributed by atoms with E-state index in [2.05, 4.69) is 55.6 Å². The van der Waals surface area contributed by atoms with Gasteiger partial charge in [0.05, 0.1) is 0 Å². The maximum Gasteiger partial charge on any atom is 0.0158 e. The number of hydrogen-bond donors (Lipinski definition) is 0. The molecule has 0 fully saturated rings. The van der Waals surface area contributed by atoms with Gasteiger partial charge >= 0.3 is 0 Å². The van der Waals surface area contributed by atoms with Crippen molar-refractivity contribution in [1.29, 1.82) is 0 Å². The highest BCUT2D eigenvalue weighted by molar-refractivity contribution is 7.10. The molecule has 1 heteroatoms. The van der Waals surface area contributed by atoms with E-state index < -0.39 is 0 Å². The van der Waals surface area contributed by atoms with Crippen molar-refractivity contribution in [2.75, 3.05) is 0 Å². The molecule has 1 aromatic heterocycles. The zero-order chi connectivity index (χ0) is 9.97. The molecule has 0 spiro atoms. The first-order chi connectivity index (χ1) is 6.79. The molecule has 0 saturated carbocycles. The number of aryl methyl sites for hydroxylation is 1. The molecule has 0 aliphatic rings. The third-order valence-corrected chi connectivity index (χ3v) is 3.68. The topological polar surface area (TPSA) is 0 Å². The Labute approximate surface area is 89.2 Å². The summed E-state index contributed by atoms with van der Waals surface area (Å²) in [5, 5.41) is 2.14. The van der Waals surface area contributed by atoms with Crippen molar-refractivity contribution in [2.45, 2.75) is 19.8 Å². The standard InChI is InChI=1S/C13H14S/c1-10-6-3-4-7-12(10)11(2)13-8-5-9-14-13/h3-9,11H,1-2H3. The van der Waals surface area contributed by atoms with Gasteiger partial charge in [-0.15, -0.1) is 11.3 Å². The lowest BCUT2D eigenvalue weighted by Gasteiger charge is -2.12. The summed E-state index contributed by atoms with van der Waals surface area (Å²) >= 11 is 1.83. The molecule has 0 saturated heterocycles. The molecule has 0 amide bonds. The lowest BCUT2D eigenvalue weighted by Crippen LogP contribution is -1.95. The van der Waals surface area contributed by atoms with E-state index in [-0.39, 0.29) is 0 Å². The van der Waals surface area contributed by atoms with Crippen LogP contribution in [0.25, 0.3) is 0 Å². The molecule has 0 nitrogen and oxygen atoms in total. The first-order valence-electron chi connectivity index (χ1n) is 4.88. The van der Waals surface area contributed by atoms with Crippen molar-refractivity contribution >= 4 is 11.3 Å². The van der Waals surface area contributed by atoms with Gasteiger partial charge in [0.1, 0.15) is 0 Å². The zero-order valence-corrected chi connectivity index (χ0v) is 9.34. The molecule has 1 unspecified atom stereocenters. The maximum atomic E-state index is 2.27. The molecule has 0 N–H and O–H groups in total. The summed E-state index contributed by atoms with van der Waals surface area (Å²) in [5.41, 5.74) is 2.82. The normalized spacial score (nSPS) is 12.7. The fraction of sp³-hybridized carbons (Fsp3) is 0.231. The average molecular weight is 202 g/mol. The largest absolute Gasteiger partial charge is 0.148 e. The van der Waals surface area contributed by atoms with Crippen LogP contribution in [0.15, 0.2) is 41.8 Å². The van der Waals surface area contributed by atoms with Crippen LogP contribution < -0.4 is 0 Å². The minimum atomic E-state index is 0.524. The molecule has 1 atom stereocenters. The Balaban J connectivity index is 2.37. The van der Waals surface area contributed by atoms with Crippen LogP contribution in [0.5, 0.6) is 0 Å². The van der Waals surface area contributed by atoms with E-state index in [9.17, 15) is 0 Å². The molecular weight excluding hydrogens is 188 g/mol. The summed E-state index contributed by atoms with van der Waals surface area (Å²) in [6.07, 6.45) is 0. The second-order valence-electron chi connectivity index (χ2n) is 3.59. The van der Waals surface area contributed by atoms with Crippen molar-refractivity contribution in [3.8, 4) is 0 Å². The number of thiophene rings is 1. The van der Waals surface area contributed by atoms with Gasteiger partial charge in [-0.2, -0.15) is 0 Å². The molecule has 0 aliphatic heterocycles. The lowest BCUT2D eigenvalue weighted by molar-refractivity contribution is 0.934. The molecular formula is C13H14S. The van der Waals surface area contributed by atoms with Crippen molar-refractivity contribution < 1.29 is 0 Å². The van der Waals surface area contributed by atoms with Gasteiger partial charge in [-0.1, -0.05) is 37.3 Å². The molecule has 2 aromatic rings. The van der Waals surface area contributed by atoms with Crippen LogP contribution in [0.3, 0.4) is 0 Å². The van der Waals surface area contributed by atoms with Gasteiger partial charge in [-0.3, -0.25) is 0 Å². The molecule has 72 valence electrons. The number of hydrogen-bond acceptors (Lipinski definition) is 1. The number of rotatable bonds is 2. The van der Waals surface area contributed by atoms with Crippen LogP contribution in [0.2, 0.25) is 0 Å². The highest BCUT2D eigenvalue weighted by atomic mass is 32.1. The van der Waals surface area contributed by atoms with Gasteiger partial charge in [-0.05, 0) is 29.5 Å². The molecule has 0 aliphatic carbocycles. The van der Waals surface area contributed by atoms with E-state index in [0.717, 1.165) is 0 Å². The highest BCUT2D eigenvalue weighted by Crippen LogP contribution is 2.29. The summed E-state index contributed by atoms with van der Waals surface area (Å²) in [6.45, 7) is 4.45.